The molecule has 3 heteroatoms. The lowest BCUT2D eigenvalue weighted by atomic mass is 10.1. The number of halogens is 1. The van der Waals surface area contributed by atoms with E-state index in [2.05, 4.69) is 29.8 Å². The predicted molar refractivity (Wildman–Crippen MR) is 67.1 cm³/mol. The Morgan fingerprint density at radius 1 is 1.33 bits per heavy atom. The summed E-state index contributed by atoms with van der Waals surface area (Å²) in [6, 6.07) is 5.96. The first-order valence-corrected chi connectivity index (χ1v) is 5.98. The van der Waals surface area contributed by atoms with Crippen LogP contribution in [-0.2, 0) is 0 Å². The SMILES string of the molecule is CC(C)COc1cc(Br)ccc1[C@H](C)N. The summed E-state index contributed by atoms with van der Waals surface area (Å²) in [5.41, 5.74) is 6.93. The Morgan fingerprint density at radius 2 is 2.00 bits per heavy atom. The molecule has 0 spiro atoms. The number of ether oxygens (including phenoxy) is 1. The van der Waals surface area contributed by atoms with Crippen LogP contribution in [0, 0.1) is 5.92 Å². The van der Waals surface area contributed by atoms with Gasteiger partial charge in [-0.25, -0.2) is 0 Å². The summed E-state index contributed by atoms with van der Waals surface area (Å²) >= 11 is 3.43. The van der Waals surface area contributed by atoms with Gasteiger partial charge in [0.25, 0.3) is 0 Å². The van der Waals surface area contributed by atoms with Crippen LogP contribution in [-0.4, -0.2) is 6.61 Å². The van der Waals surface area contributed by atoms with Crippen molar-refractivity contribution in [2.75, 3.05) is 6.61 Å². The van der Waals surface area contributed by atoms with Crippen molar-refractivity contribution < 1.29 is 4.74 Å². The monoisotopic (exact) mass is 271 g/mol. The summed E-state index contributed by atoms with van der Waals surface area (Å²) in [7, 11) is 0. The molecule has 1 atom stereocenters. The van der Waals surface area contributed by atoms with E-state index >= 15 is 0 Å². The van der Waals surface area contributed by atoms with Crippen molar-refractivity contribution in [2.45, 2.75) is 26.8 Å². The van der Waals surface area contributed by atoms with E-state index in [1.807, 2.05) is 25.1 Å². The topological polar surface area (TPSA) is 35.2 Å². The molecule has 0 radical (unpaired) electrons. The first-order chi connectivity index (χ1) is 7.00. The minimum Gasteiger partial charge on any atom is -0.493 e. The average Bonchev–Trinajstić information content (AvgIpc) is 2.14. The van der Waals surface area contributed by atoms with Crippen LogP contribution < -0.4 is 10.5 Å². The molecule has 1 aromatic rings. The van der Waals surface area contributed by atoms with Gasteiger partial charge >= 0.3 is 0 Å². The lowest BCUT2D eigenvalue weighted by Crippen LogP contribution is -2.10. The molecular formula is C12H18BrNO. The van der Waals surface area contributed by atoms with Crippen molar-refractivity contribution >= 4 is 15.9 Å². The van der Waals surface area contributed by atoms with Crippen LogP contribution in [0.1, 0.15) is 32.4 Å². The molecular weight excluding hydrogens is 254 g/mol. The first kappa shape index (κ1) is 12.5. The smallest absolute Gasteiger partial charge is 0.125 e. The zero-order valence-corrected chi connectivity index (χ0v) is 11.0. The number of nitrogens with two attached hydrogens (primary N) is 1. The van der Waals surface area contributed by atoms with Gasteiger partial charge < -0.3 is 10.5 Å². The predicted octanol–water partition coefficient (Wildman–Crippen LogP) is 3.50. The molecule has 15 heavy (non-hydrogen) atoms. The molecule has 0 saturated heterocycles. The summed E-state index contributed by atoms with van der Waals surface area (Å²) in [5.74, 6) is 1.40. The molecule has 84 valence electrons. The van der Waals surface area contributed by atoms with Crippen LogP contribution in [0.15, 0.2) is 22.7 Å². The molecule has 1 rings (SSSR count). The van der Waals surface area contributed by atoms with E-state index in [4.69, 9.17) is 10.5 Å². The zero-order valence-electron chi connectivity index (χ0n) is 9.46. The van der Waals surface area contributed by atoms with E-state index in [-0.39, 0.29) is 6.04 Å². The van der Waals surface area contributed by atoms with E-state index in [0.29, 0.717) is 5.92 Å². The van der Waals surface area contributed by atoms with Gasteiger partial charge in [-0.05, 0) is 25.0 Å². The molecule has 0 aliphatic rings. The summed E-state index contributed by atoms with van der Waals surface area (Å²) in [4.78, 5) is 0. The lowest BCUT2D eigenvalue weighted by molar-refractivity contribution is 0.267. The van der Waals surface area contributed by atoms with Gasteiger partial charge in [0.2, 0.25) is 0 Å². The van der Waals surface area contributed by atoms with Gasteiger partial charge in [-0.2, -0.15) is 0 Å². The maximum absolute atomic E-state index is 5.88. The number of rotatable bonds is 4. The van der Waals surface area contributed by atoms with Gasteiger partial charge in [-0.3, -0.25) is 0 Å². The van der Waals surface area contributed by atoms with E-state index in [1.54, 1.807) is 0 Å². The van der Waals surface area contributed by atoms with E-state index in [9.17, 15) is 0 Å². The largest absolute Gasteiger partial charge is 0.493 e. The summed E-state index contributed by atoms with van der Waals surface area (Å²) < 4.78 is 6.75. The molecule has 0 aliphatic heterocycles. The van der Waals surface area contributed by atoms with Gasteiger partial charge in [0, 0.05) is 16.1 Å². The molecule has 2 nitrogen and oxygen atoms in total. The van der Waals surface area contributed by atoms with Gasteiger partial charge in [0.05, 0.1) is 6.61 Å². The van der Waals surface area contributed by atoms with Crippen LogP contribution in [0.25, 0.3) is 0 Å². The highest BCUT2D eigenvalue weighted by atomic mass is 79.9. The lowest BCUT2D eigenvalue weighted by Gasteiger charge is -2.15. The molecule has 0 aliphatic carbocycles. The Kier molecular flexibility index (Phi) is 4.61. The Labute approximate surface area is 99.9 Å². The zero-order chi connectivity index (χ0) is 11.4. The van der Waals surface area contributed by atoms with Crippen LogP contribution in [0.5, 0.6) is 5.75 Å². The molecule has 1 aromatic carbocycles. The molecule has 0 saturated carbocycles. The Bertz CT molecular complexity index is 323. The highest BCUT2D eigenvalue weighted by molar-refractivity contribution is 9.10. The summed E-state index contributed by atoms with van der Waals surface area (Å²) in [5, 5.41) is 0. The Morgan fingerprint density at radius 3 is 2.53 bits per heavy atom. The van der Waals surface area contributed by atoms with Gasteiger partial charge in [0.1, 0.15) is 5.75 Å². The highest BCUT2D eigenvalue weighted by Gasteiger charge is 2.09. The van der Waals surface area contributed by atoms with E-state index < -0.39 is 0 Å². The van der Waals surface area contributed by atoms with E-state index in [1.165, 1.54) is 0 Å². The molecule has 0 amide bonds. The summed E-state index contributed by atoms with van der Waals surface area (Å²) in [6.45, 7) is 6.94. The fourth-order valence-corrected chi connectivity index (χ4v) is 1.61. The van der Waals surface area contributed by atoms with Crippen molar-refractivity contribution in [3.63, 3.8) is 0 Å². The molecule has 2 N–H and O–H groups in total. The van der Waals surface area contributed by atoms with Crippen LogP contribution in [0.4, 0.5) is 0 Å². The van der Waals surface area contributed by atoms with E-state index in [0.717, 1.165) is 22.4 Å². The third kappa shape index (κ3) is 3.84. The number of hydrogen-bond acceptors (Lipinski definition) is 2. The fourth-order valence-electron chi connectivity index (χ4n) is 1.27. The Balaban J connectivity index is 2.87. The minimum atomic E-state index is 0.000243. The maximum Gasteiger partial charge on any atom is 0.125 e. The standard InChI is InChI=1S/C12H18BrNO/c1-8(2)7-15-12-6-10(13)4-5-11(12)9(3)14/h4-6,8-9H,7,14H2,1-3H3/t9-/m0/s1. The van der Waals surface area contributed by atoms with Gasteiger partial charge in [-0.15, -0.1) is 0 Å². The van der Waals surface area contributed by atoms with Crippen LogP contribution in [0.2, 0.25) is 0 Å². The number of hydrogen-bond donors (Lipinski definition) is 1. The van der Waals surface area contributed by atoms with Crippen molar-refractivity contribution in [1.82, 2.24) is 0 Å². The van der Waals surface area contributed by atoms with Crippen molar-refractivity contribution in [2.24, 2.45) is 11.7 Å². The van der Waals surface area contributed by atoms with Crippen LogP contribution >= 0.6 is 15.9 Å². The molecule has 0 heterocycles. The van der Waals surface area contributed by atoms with Crippen LogP contribution in [0.3, 0.4) is 0 Å². The second kappa shape index (κ2) is 5.52. The summed E-state index contributed by atoms with van der Waals surface area (Å²) in [6.07, 6.45) is 0. The highest BCUT2D eigenvalue weighted by Crippen LogP contribution is 2.27. The second-order valence-corrected chi connectivity index (χ2v) is 5.09. The third-order valence-corrected chi connectivity index (χ3v) is 2.53. The second-order valence-electron chi connectivity index (χ2n) is 4.18. The van der Waals surface area contributed by atoms with Gasteiger partial charge in [-0.1, -0.05) is 35.8 Å². The van der Waals surface area contributed by atoms with Crippen molar-refractivity contribution in [1.29, 1.82) is 0 Å². The molecule has 0 bridgehead atoms. The Hall–Kier alpha value is -0.540. The fraction of sp³-hybridized carbons (Fsp3) is 0.500. The normalized spacial score (nSPS) is 12.9. The molecule has 0 unspecified atom stereocenters. The quantitative estimate of drug-likeness (QED) is 0.910. The average molecular weight is 272 g/mol. The number of benzene rings is 1. The minimum absolute atomic E-state index is 0.000243. The van der Waals surface area contributed by atoms with Crippen molar-refractivity contribution in [3.8, 4) is 5.75 Å². The molecule has 0 fully saturated rings. The maximum atomic E-state index is 5.88. The van der Waals surface area contributed by atoms with Gasteiger partial charge in [0.15, 0.2) is 0 Å². The first-order valence-electron chi connectivity index (χ1n) is 5.18. The third-order valence-electron chi connectivity index (χ3n) is 2.04. The van der Waals surface area contributed by atoms with Crippen molar-refractivity contribution in [3.05, 3.63) is 28.2 Å². The molecule has 0 aromatic heterocycles.